The summed E-state index contributed by atoms with van der Waals surface area (Å²) in [6.45, 7) is 4.23. The highest BCUT2D eigenvalue weighted by Gasteiger charge is 2.26. The molecule has 21 heavy (non-hydrogen) atoms. The summed E-state index contributed by atoms with van der Waals surface area (Å²) in [7, 11) is 0. The quantitative estimate of drug-likeness (QED) is 0.856. The Bertz CT molecular complexity index is 646. The molecule has 1 saturated carbocycles. The number of rotatable bonds is 3. The van der Waals surface area contributed by atoms with Crippen molar-refractivity contribution in [1.82, 2.24) is 20.2 Å². The molecule has 1 aromatic carbocycles. The van der Waals surface area contributed by atoms with E-state index < -0.39 is 0 Å². The minimum atomic E-state index is 0.317. The highest BCUT2D eigenvalue weighted by atomic mass is 79.9. The number of benzene rings is 1. The third-order valence-corrected chi connectivity index (χ3v) is 5.07. The van der Waals surface area contributed by atoms with E-state index in [1.165, 1.54) is 25.7 Å². The van der Waals surface area contributed by atoms with Crippen molar-refractivity contribution in [2.45, 2.75) is 45.6 Å². The van der Waals surface area contributed by atoms with Crippen molar-refractivity contribution >= 4 is 21.6 Å². The van der Waals surface area contributed by atoms with Crippen molar-refractivity contribution in [2.24, 2.45) is 5.92 Å². The van der Waals surface area contributed by atoms with Crippen molar-refractivity contribution < 1.29 is 0 Å². The molecule has 6 heteroatoms. The van der Waals surface area contributed by atoms with Gasteiger partial charge in [0.2, 0.25) is 0 Å². The molecular weight excluding hydrogens is 330 g/mol. The zero-order valence-electron chi connectivity index (χ0n) is 12.4. The summed E-state index contributed by atoms with van der Waals surface area (Å²) in [6, 6.07) is 4.26. The largest absolute Gasteiger partial charge is 0.398 e. The van der Waals surface area contributed by atoms with E-state index in [9.17, 15) is 0 Å². The van der Waals surface area contributed by atoms with Crippen LogP contribution in [0, 0.1) is 12.8 Å². The van der Waals surface area contributed by atoms with Crippen LogP contribution in [0.3, 0.4) is 0 Å². The zero-order chi connectivity index (χ0) is 15.0. The molecule has 1 heterocycles. The Labute approximate surface area is 133 Å². The van der Waals surface area contributed by atoms with Gasteiger partial charge in [-0.3, -0.25) is 0 Å². The molecule has 0 aliphatic heterocycles. The molecular formula is C15H20BrN5. The summed E-state index contributed by atoms with van der Waals surface area (Å²) in [5.74, 6) is 1.47. The van der Waals surface area contributed by atoms with E-state index >= 15 is 0 Å². The molecule has 5 nitrogen and oxygen atoms in total. The molecule has 1 unspecified atom stereocenters. The first-order valence-corrected chi connectivity index (χ1v) is 8.21. The number of tetrazole rings is 1. The lowest BCUT2D eigenvalue weighted by atomic mass is 9.99. The Kier molecular flexibility index (Phi) is 3.97. The number of anilines is 1. The third kappa shape index (κ3) is 2.69. The molecule has 0 spiro atoms. The van der Waals surface area contributed by atoms with Gasteiger partial charge in [0.25, 0.3) is 0 Å². The lowest BCUT2D eigenvalue weighted by Crippen LogP contribution is -2.17. The Hall–Kier alpha value is -1.43. The van der Waals surface area contributed by atoms with E-state index in [4.69, 9.17) is 5.73 Å². The predicted octanol–water partition coefficient (Wildman–Crippen LogP) is 3.74. The van der Waals surface area contributed by atoms with Crippen LogP contribution in [0.5, 0.6) is 0 Å². The lowest BCUT2D eigenvalue weighted by Gasteiger charge is -2.20. The van der Waals surface area contributed by atoms with Crippen LogP contribution in [-0.4, -0.2) is 20.2 Å². The maximum Gasteiger partial charge on any atom is 0.182 e. The van der Waals surface area contributed by atoms with Gasteiger partial charge in [0.15, 0.2) is 5.82 Å². The van der Waals surface area contributed by atoms with Gasteiger partial charge in [-0.1, -0.05) is 28.8 Å². The Morgan fingerprint density at radius 3 is 2.76 bits per heavy atom. The first kappa shape index (κ1) is 14.5. The zero-order valence-corrected chi connectivity index (χ0v) is 14.0. The fraction of sp³-hybridized carbons (Fsp3) is 0.533. The SMILES string of the molecule is Cc1c(N)cc(Br)cc1-c1nnnn1C(C)C1CCCC1. The molecule has 112 valence electrons. The van der Waals surface area contributed by atoms with Crippen LogP contribution in [0.2, 0.25) is 0 Å². The van der Waals surface area contributed by atoms with Crippen LogP contribution in [-0.2, 0) is 0 Å². The molecule has 1 fully saturated rings. The summed E-state index contributed by atoms with van der Waals surface area (Å²) in [5, 5.41) is 12.4. The van der Waals surface area contributed by atoms with Crippen LogP contribution in [0.25, 0.3) is 11.4 Å². The Morgan fingerprint density at radius 2 is 2.05 bits per heavy atom. The Balaban J connectivity index is 2.03. The van der Waals surface area contributed by atoms with Gasteiger partial charge in [-0.05, 0) is 60.7 Å². The highest BCUT2D eigenvalue weighted by molar-refractivity contribution is 9.10. The monoisotopic (exact) mass is 349 g/mol. The van der Waals surface area contributed by atoms with Crippen molar-refractivity contribution in [3.8, 4) is 11.4 Å². The van der Waals surface area contributed by atoms with E-state index in [1.807, 2.05) is 23.7 Å². The van der Waals surface area contributed by atoms with Crippen LogP contribution in [0.15, 0.2) is 16.6 Å². The predicted molar refractivity (Wildman–Crippen MR) is 86.8 cm³/mol. The summed E-state index contributed by atoms with van der Waals surface area (Å²) in [4.78, 5) is 0. The topological polar surface area (TPSA) is 69.6 Å². The number of aromatic nitrogens is 4. The first-order chi connectivity index (χ1) is 10.1. The van der Waals surface area contributed by atoms with E-state index in [0.717, 1.165) is 27.1 Å². The molecule has 0 bridgehead atoms. The molecule has 1 aromatic heterocycles. The normalized spacial score (nSPS) is 17.3. The van der Waals surface area contributed by atoms with Gasteiger partial charge in [-0.2, -0.15) is 0 Å². The summed E-state index contributed by atoms with van der Waals surface area (Å²) < 4.78 is 2.91. The van der Waals surface area contributed by atoms with Gasteiger partial charge in [-0.15, -0.1) is 5.10 Å². The standard InChI is InChI=1S/C15H20BrN5/c1-9-13(7-12(16)8-14(9)17)15-18-19-20-21(15)10(2)11-5-3-4-6-11/h7-8,10-11H,3-6,17H2,1-2H3. The second-order valence-corrected chi connectivity index (χ2v) is 6.82. The van der Waals surface area contributed by atoms with E-state index in [1.54, 1.807) is 0 Å². The van der Waals surface area contributed by atoms with Crippen LogP contribution >= 0.6 is 15.9 Å². The molecule has 3 rings (SSSR count). The third-order valence-electron chi connectivity index (χ3n) is 4.61. The number of halogens is 1. The maximum absolute atomic E-state index is 6.07. The lowest BCUT2D eigenvalue weighted by molar-refractivity contribution is 0.332. The second-order valence-electron chi connectivity index (χ2n) is 5.90. The van der Waals surface area contributed by atoms with Crippen LogP contribution in [0.4, 0.5) is 5.69 Å². The van der Waals surface area contributed by atoms with Crippen LogP contribution < -0.4 is 5.73 Å². The van der Waals surface area contributed by atoms with Gasteiger partial charge >= 0.3 is 0 Å². The summed E-state index contributed by atoms with van der Waals surface area (Å²) >= 11 is 3.50. The molecule has 0 saturated heterocycles. The molecule has 2 aromatic rings. The number of nitrogen functional groups attached to an aromatic ring is 1. The number of hydrogen-bond donors (Lipinski definition) is 1. The first-order valence-electron chi connectivity index (χ1n) is 7.41. The second kappa shape index (κ2) is 5.75. The number of nitrogens with two attached hydrogens (primary N) is 1. The van der Waals surface area contributed by atoms with Crippen molar-refractivity contribution in [1.29, 1.82) is 0 Å². The average Bonchev–Trinajstić information content (AvgIpc) is 3.12. The minimum absolute atomic E-state index is 0.317. The van der Waals surface area contributed by atoms with Crippen molar-refractivity contribution in [3.05, 3.63) is 22.2 Å². The summed E-state index contributed by atoms with van der Waals surface area (Å²) in [6.07, 6.45) is 5.16. The fourth-order valence-electron chi connectivity index (χ4n) is 3.22. The van der Waals surface area contributed by atoms with Gasteiger partial charge in [0, 0.05) is 15.7 Å². The minimum Gasteiger partial charge on any atom is -0.398 e. The molecule has 1 aliphatic rings. The van der Waals surface area contributed by atoms with E-state index in [0.29, 0.717) is 12.0 Å². The van der Waals surface area contributed by atoms with E-state index in [-0.39, 0.29) is 0 Å². The molecule has 0 radical (unpaired) electrons. The fourth-order valence-corrected chi connectivity index (χ4v) is 3.69. The number of hydrogen-bond acceptors (Lipinski definition) is 4. The number of nitrogens with zero attached hydrogens (tertiary/aromatic N) is 4. The van der Waals surface area contributed by atoms with Gasteiger partial charge in [0.05, 0.1) is 6.04 Å². The van der Waals surface area contributed by atoms with Gasteiger partial charge < -0.3 is 5.73 Å². The smallest absolute Gasteiger partial charge is 0.182 e. The van der Waals surface area contributed by atoms with Gasteiger partial charge in [-0.25, -0.2) is 4.68 Å². The van der Waals surface area contributed by atoms with E-state index in [2.05, 4.69) is 38.4 Å². The van der Waals surface area contributed by atoms with Crippen LogP contribution in [0.1, 0.15) is 44.2 Å². The van der Waals surface area contributed by atoms with Crippen molar-refractivity contribution in [2.75, 3.05) is 5.73 Å². The Morgan fingerprint density at radius 1 is 1.33 bits per heavy atom. The summed E-state index contributed by atoms with van der Waals surface area (Å²) in [5.41, 5.74) is 8.84. The molecule has 1 atom stereocenters. The highest BCUT2D eigenvalue weighted by Crippen LogP contribution is 2.36. The average molecular weight is 350 g/mol. The molecule has 2 N–H and O–H groups in total. The molecule has 0 amide bonds. The molecule has 1 aliphatic carbocycles. The van der Waals surface area contributed by atoms with Gasteiger partial charge in [0.1, 0.15) is 0 Å². The maximum atomic E-state index is 6.07. The van der Waals surface area contributed by atoms with Crippen molar-refractivity contribution in [3.63, 3.8) is 0 Å².